The van der Waals surface area contributed by atoms with Gasteiger partial charge in [0.2, 0.25) is 0 Å². The molecule has 0 bridgehead atoms. The van der Waals surface area contributed by atoms with Gasteiger partial charge in [-0.15, -0.1) is 5.10 Å². The van der Waals surface area contributed by atoms with Crippen molar-refractivity contribution in [2.45, 2.75) is 19.0 Å². The highest BCUT2D eigenvalue weighted by Crippen LogP contribution is 2.17. The molecule has 2 N–H and O–H groups in total. The van der Waals surface area contributed by atoms with Crippen LogP contribution in [0.1, 0.15) is 18.2 Å². The van der Waals surface area contributed by atoms with Gasteiger partial charge in [0.15, 0.2) is 6.04 Å². The number of hydrogen-bond acceptors (Lipinski definition) is 5. The molecule has 0 aliphatic carbocycles. The molecule has 0 saturated heterocycles. The molecule has 20 heavy (non-hydrogen) atoms. The molecule has 0 aliphatic rings. The van der Waals surface area contributed by atoms with Gasteiger partial charge in [-0.05, 0) is 24.6 Å². The quantitative estimate of drug-likeness (QED) is 0.833. The Morgan fingerprint density at radius 1 is 1.50 bits per heavy atom. The second kappa shape index (κ2) is 6.63. The Balaban J connectivity index is 2.08. The van der Waals surface area contributed by atoms with E-state index in [9.17, 15) is 9.65 Å². The van der Waals surface area contributed by atoms with E-state index in [1.54, 1.807) is 23.0 Å². The second-order valence-electron chi connectivity index (χ2n) is 4.20. The predicted molar refractivity (Wildman–Crippen MR) is 70.1 cm³/mol. The lowest BCUT2D eigenvalue weighted by atomic mass is 10.2. The molecule has 1 aromatic carbocycles. The maximum atomic E-state index is 13.1. The van der Waals surface area contributed by atoms with Crippen LogP contribution in [-0.4, -0.2) is 26.7 Å². The molecule has 104 valence electrons. The molecule has 6 nitrogen and oxygen atoms in total. The standard InChI is InChI=1S/C13H14FN5O/c14-10-3-1-4-11(7-10)16-12(8-15)13-9-19(18-17-13)5-2-6-20/h1,3-4,7,9,12,16,20H,2,5-6H2. The molecule has 2 aromatic rings. The molecule has 0 fully saturated rings. The Labute approximate surface area is 115 Å². The van der Waals surface area contributed by atoms with E-state index in [0.29, 0.717) is 24.3 Å². The average Bonchev–Trinajstić information content (AvgIpc) is 2.91. The number of nitrogens with one attached hydrogen (secondary N) is 1. The van der Waals surface area contributed by atoms with Crippen LogP contribution in [0.4, 0.5) is 10.1 Å². The van der Waals surface area contributed by atoms with Crippen LogP contribution < -0.4 is 5.32 Å². The van der Waals surface area contributed by atoms with Crippen LogP contribution in [0.15, 0.2) is 30.5 Å². The number of hydrogen-bond donors (Lipinski definition) is 2. The smallest absolute Gasteiger partial charge is 0.160 e. The number of aryl methyl sites for hydroxylation is 1. The lowest BCUT2D eigenvalue weighted by Crippen LogP contribution is -2.09. The molecule has 1 atom stereocenters. The van der Waals surface area contributed by atoms with Crippen LogP contribution in [0.3, 0.4) is 0 Å². The normalized spacial score (nSPS) is 11.8. The minimum absolute atomic E-state index is 0.0679. The highest BCUT2D eigenvalue weighted by molar-refractivity contribution is 5.46. The van der Waals surface area contributed by atoms with E-state index < -0.39 is 6.04 Å². The lowest BCUT2D eigenvalue weighted by Gasteiger charge is -2.09. The number of halogens is 1. The van der Waals surface area contributed by atoms with Gasteiger partial charge < -0.3 is 10.4 Å². The van der Waals surface area contributed by atoms with Crippen molar-refractivity contribution < 1.29 is 9.50 Å². The Kier molecular flexibility index (Phi) is 4.63. The first-order valence-electron chi connectivity index (χ1n) is 6.15. The SMILES string of the molecule is N#CC(Nc1cccc(F)c1)c1cn(CCCO)nn1. The van der Waals surface area contributed by atoms with Crippen molar-refractivity contribution in [2.75, 3.05) is 11.9 Å². The van der Waals surface area contributed by atoms with Gasteiger partial charge in [0.1, 0.15) is 11.5 Å². The van der Waals surface area contributed by atoms with Gasteiger partial charge in [-0.25, -0.2) is 4.39 Å². The van der Waals surface area contributed by atoms with E-state index in [1.807, 2.05) is 0 Å². The summed E-state index contributed by atoms with van der Waals surface area (Å²) in [6, 6.07) is 7.22. The number of anilines is 1. The Hall–Kier alpha value is -2.46. The molecule has 0 saturated carbocycles. The highest BCUT2D eigenvalue weighted by atomic mass is 19.1. The molecule has 7 heteroatoms. The first kappa shape index (κ1) is 14.0. The summed E-state index contributed by atoms with van der Waals surface area (Å²) in [6.07, 6.45) is 2.20. The van der Waals surface area contributed by atoms with Gasteiger partial charge in [-0.3, -0.25) is 4.68 Å². The largest absolute Gasteiger partial charge is 0.396 e. The van der Waals surface area contributed by atoms with Crippen LogP contribution in [0, 0.1) is 17.1 Å². The van der Waals surface area contributed by atoms with E-state index in [4.69, 9.17) is 5.11 Å². The van der Waals surface area contributed by atoms with Gasteiger partial charge in [0, 0.05) is 18.8 Å². The second-order valence-corrected chi connectivity index (χ2v) is 4.20. The Morgan fingerprint density at radius 3 is 3.05 bits per heavy atom. The van der Waals surface area contributed by atoms with Crippen LogP contribution in [0.25, 0.3) is 0 Å². The van der Waals surface area contributed by atoms with Crippen molar-refractivity contribution in [3.63, 3.8) is 0 Å². The number of aromatic nitrogens is 3. The Morgan fingerprint density at radius 2 is 2.35 bits per heavy atom. The first-order chi connectivity index (χ1) is 9.72. The molecule has 2 rings (SSSR count). The van der Waals surface area contributed by atoms with E-state index in [1.165, 1.54) is 12.1 Å². The maximum Gasteiger partial charge on any atom is 0.160 e. The van der Waals surface area contributed by atoms with Crippen molar-refractivity contribution in [1.82, 2.24) is 15.0 Å². The number of aliphatic hydroxyl groups excluding tert-OH is 1. The Bertz CT molecular complexity index is 607. The fourth-order valence-corrected chi connectivity index (χ4v) is 1.70. The summed E-state index contributed by atoms with van der Waals surface area (Å²) in [5.74, 6) is -0.377. The molecule has 0 spiro atoms. The summed E-state index contributed by atoms with van der Waals surface area (Å²) in [6.45, 7) is 0.597. The van der Waals surface area contributed by atoms with Gasteiger partial charge in [-0.2, -0.15) is 5.26 Å². The van der Waals surface area contributed by atoms with E-state index in [-0.39, 0.29) is 12.4 Å². The van der Waals surface area contributed by atoms with Crippen molar-refractivity contribution >= 4 is 5.69 Å². The van der Waals surface area contributed by atoms with Crippen LogP contribution in [0.2, 0.25) is 0 Å². The molecule has 1 aromatic heterocycles. The molecule has 0 radical (unpaired) electrons. The van der Waals surface area contributed by atoms with Gasteiger partial charge in [0.05, 0.1) is 12.3 Å². The minimum atomic E-state index is -0.709. The molecule has 1 heterocycles. The van der Waals surface area contributed by atoms with Gasteiger partial charge in [-0.1, -0.05) is 11.3 Å². The topological polar surface area (TPSA) is 86.8 Å². The molecular weight excluding hydrogens is 261 g/mol. The summed E-state index contributed by atoms with van der Waals surface area (Å²) in [4.78, 5) is 0. The maximum absolute atomic E-state index is 13.1. The minimum Gasteiger partial charge on any atom is -0.396 e. The average molecular weight is 275 g/mol. The lowest BCUT2D eigenvalue weighted by molar-refractivity contribution is 0.276. The third-order valence-corrected chi connectivity index (χ3v) is 2.66. The number of nitriles is 1. The van der Waals surface area contributed by atoms with Crippen LogP contribution in [0.5, 0.6) is 0 Å². The summed E-state index contributed by atoms with van der Waals surface area (Å²) < 4.78 is 14.6. The van der Waals surface area contributed by atoms with Crippen molar-refractivity contribution in [3.05, 3.63) is 42.0 Å². The first-order valence-corrected chi connectivity index (χ1v) is 6.15. The number of nitrogens with zero attached hydrogens (tertiary/aromatic N) is 4. The summed E-state index contributed by atoms with van der Waals surface area (Å²) in [7, 11) is 0. The van der Waals surface area contributed by atoms with E-state index in [2.05, 4.69) is 21.7 Å². The zero-order chi connectivity index (χ0) is 14.4. The zero-order valence-corrected chi connectivity index (χ0v) is 10.7. The molecule has 0 amide bonds. The molecular formula is C13H14FN5O. The summed E-state index contributed by atoms with van der Waals surface area (Å²) in [5.41, 5.74) is 0.955. The predicted octanol–water partition coefficient (Wildman–Crippen LogP) is 1.48. The highest BCUT2D eigenvalue weighted by Gasteiger charge is 2.14. The number of rotatable bonds is 6. The monoisotopic (exact) mass is 275 g/mol. The third-order valence-electron chi connectivity index (χ3n) is 2.66. The van der Waals surface area contributed by atoms with Crippen LogP contribution >= 0.6 is 0 Å². The number of benzene rings is 1. The summed E-state index contributed by atoms with van der Waals surface area (Å²) >= 11 is 0. The summed E-state index contributed by atoms with van der Waals surface area (Å²) in [5, 5.41) is 28.6. The van der Waals surface area contributed by atoms with Crippen molar-refractivity contribution in [1.29, 1.82) is 5.26 Å². The number of aliphatic hydroxyl groups is 1. The van der Waals surface area contributed by atoms with E-state index >= 15 is 0 Å². The van der Waals surface area contributed by atoms with E-state index in [0.717, 1.165) is 0 Å². The van der Waals surface area contributed by atoms with Crippen molar-refractivity contribution in [3.8, 4) is 6.07 Å². The van der Waals surface area contributed by atoms with Crippen LogP contribution in [-0.2, 0) is 6.54 Å². The third kappa shape index (κ3) is 3.52. The fraction of sp³-hybridized carbons (Fsp3) is 0.308. The van der Waals surface area contributed by atoms with Gasteiger partial charge >= 0.3 is 0 Å². The fourth-order valence-electron chi connectivity index (χ4n) is 1.70. The molecule has 1 unspecified atom stereocenters. The molecule has 0 aliphatic heterocycles. The van der Waals surface area contributed by atoms with Crippen molar-refractivity contribution in [2.24, 2.45) is 0 Å². The van der Waals surface area contributed by atoms with Gasteiger partial charge in [0.25, 0.3) is 0 Å². The zero-order valence-electron chi connectivity index (χ0n) is 10.7.